The molecular formula is C12H25N3O2. The molecule has 0 unspecified atom stereocenters. The van der Waals surface area contributed by atoms with E-state index in [1.54, 1.807) is 0 Å². The topological polar surface area (TPSA) is 48.3 Å². The molecule has 0 aromatic carbocycles. The summed E-state index contributed by atoms with van der Waals surface area (Å²) in [6.07, 6.45) is 1.78. The van der Waals surface area contributed by atoms with Crippen molar-refractivity contribution >= 4 is 5.96 Å². The van der Waals surface area contributed by atoms with Crippen LogP contribution in [-0.2, 0) is 4.74 Å². The summed E-state index contributed by atoms with van der Waals surface area (Å²) < 4.78 is 5.35. The Labute approximate surface area is 104 Å². The summed E-state index contributed by atoms with van der Waals surface area (Å²) in [5.74, 6) is 0.935. The van der Waals surface area contributed by atoms with Gasteiger partial charge in [-0.2, -0.15) is 0 Å². The van der Waals surface area contributed by atoms with Gasteiger partial charge in [0, 0.05) is 46.8 Å². The van der Waals surface area contributed by atoms with Crippen molar-refractivity contribution in [2.75, 3.05) is 54.6 Å². The molecule has 1 rings (SSSR count). The Morgan fingerprint density at radius 2 is 1.71 bits per heavy atom. The molecule has 0 aromatic rings. The lowest BCUT2D eigenvalue weighted by Crippen LogP contribution is -2.39. The van der Waals surface area contributed by atoms with Crippen LogP contribution in [0.25, 0.3) is 0 Å². The van der Waals surface area contributed by atoms with Gasteiger partial charge >= 0.3 is 0 Å². The molecule has 5 heteroatoms. The highest BCUT2D eigenvalue weighted by atomic mass is 16.5. The van der Waals surface area contributed by atoms with Gasteiger partial charge in [0.2, 0.25) is 0 Å². The fourth-order valence-electron chi connectivity index (χ4n) is 2.09. The fraction of sp³-hybridized carbons (Fsp3) is 0.917. The van der Waals surface area contributed by atoms with E-state index in [0.29, 0.717) is 6.54 Å². The molecule has 1 saturated heterocycles. The van der Waals surface area contributed by atoms with Crippen LogP contribution in [0.5, 0.6) is 0 Å². The zero-order chi connectivity index (χ0) is 12.9. The number of hydrogen-bond acceptors (Lipinski definition) is 3. The average Bonchev–Trinajstić information content (AvgIpc) is 2.29. The summed E-state index contributed by atoms with van der Waals surface area (Å²) >= 11 is 0. The first kappa shape index (κ1) is 14.3. The number of hydrogen-bond donors (Lipinski definition) is 1. The van der Waals surface area contributed by atoms with Crippen molar-refractivity contribution in [3.05, 3.63) is 0 Å². The van der Waals surface area contributed by atoms with E-state index < -0.39 is 0 Å². The molecule has 1 aliphatic heterocycles. The Hall–Kier alpha value is -0.810. The number of guanidine groups is 1. The maximum absolute atomic E-state index is 9.58. The Morgan fingerprint density at radius 1 is 1.18 bits per heavy atom. The van der Waals surface area contributed by atoms with Gasteiger partial charge in [0.25, 0.3) is 0 Å². The van der Waals surface area contributed by atoms with Crippen molar-refractivity contribution in [2.24, 2.45) is 10.4 Å². The van der Waals surface area contributed by atoms with Crippen molar-refractivity contribution in [1.29, 1.82) is 0 Å². The normalized spacial score (nSPS) is 18.6. The average molecular weight is 243 g/mol. The quantitative estimate of drug-likeness (QED) is 0.570. The van der Waals surface area contributed by atoms with E-state index in [1.165, 1.54) is 0 Å². The number of rotatable bonds is 3. The predicted molar refractivity (Wildman–Crippen MR) is 69.2 cm³/mol. The molecule has 1 aliphatic rings. The number of ether oxygens (including phenoxy) is 1. The van der Waals surface area contributed by atoms with Crippen LogP contribution in [0.15, 0.2) is 4.99 Å². The van der Waals surface area contributed by atoms with Crippen LogP contribution in [0.2, 0.25) is 0 Å². The minimum atomic E-state index is -0.0878. The minimum Gasteiger partial charge on any atom is -0.396 e. The van der Waals surface area contributed by atoms with E-state index in [9.17, 15) is 5.11 Å². The van der Waals surface area contributed by atoms with Crippen LogP contribution in [0.3, 0.4) is 0 Å². The van der Waals surface area contributed by atoms with Gasteiger partial charge in [0.15, 0.2) is 5.96 Å². The van der Waals surface area contributed by atoms with Gasteiger partial charge in [-0.05, 0) is 12.8 Å². The molecule has 0 spiro atoms. The first-order chi connectivity index (χ1) is 8.01. The molecule has 0 aromatic heterocycles. The number of nitrogens with zero attached hydrogens (tertiary/aromatic N) is 3. The molecule has 100 valence electrons. The highest BCUT2D eigenvalue weighted by Gasteiger charge is 2.32. The molecule has 1 N–H and O–H groups in total. The van der Waals surface area contributed by atoms with E-state index >= 15 is 0 Å². The summed E-state index contributed by atoms with van der Waals surface area (Å²) in [6, 6.07) is 0. The zero-order valence-electron chi connectivity index (χ0n) is 11.4. The van der Waals surface area contributed by atoms with E-state index in [4.69, 9.17) is 4.74 Å². The summed E-state index contributed by atoms with van der Waals surface area (Å²) in [4.78, 5) is 8.62. The molecule has 0 radical (unpaired) electrons. The largest absolute Gasteiger partial charge is 0.396 e. The first-order valence-corrected chi connectivity index (χ1v) is 6.08. The van der Waals surface area contributed by atoms with E-state index in [-0.39, 0.29) is 12.0 Å². The third kappa shape index (κ3) is 3.85. The molecule has 0 amide bonds. The Kier molecular flexibility index (Phi) is 5.21. The van der Waals surface area contributed by atoms with Crippen molar-refractivity contribution in [3.8, 4) is 0 Å². The standard InChI is InChI=1S/C12H25N3O2/c1-14(2)11(15(3)4)13-9-12(10-16)5-7-17-8-6-12/h16H,5-10H2,1-4H3. The smallest absolute Gasteiger partial charge is 0.195 e. The first-order valence-electron chi connectivity index (χ1n) is 6.08. The molecule has 0 aliphatic carbocycles. The third-order valence-electron chi connectivity index (χ3n) is 3.24. The van der Waals surface area contributed by atoms with Crippen molar-refractivity contribution in [1.82, 2.24) is 9.80 Å². The van der Waals surface area contributed by atoms with E-state index in [1.807, 2.05) is 38.0 Å². The Balaban J connectivity index is 2.70. The van der Waals surface area contributed by atoms with Gasteiger partial charge in [-0.25, -0.2) is 0 Å². The molecule has 5 nitrogen and oxygen atoms in total. The van der Waals surface area contributed by atoms with Crippen LogP contribution in [0.1, 0.15) is 12.8 Å². The van der Waals surface area contributed by atoms with Crippen molar-refractivity contribution < 1.29 is 9.84 Å². The van der Waals surface area contributed by atoms with E-state index in [2.05, 4.69) is 4.99 Å². The maximum Gasteiger partial charge on any atom is 0.195 e. The number of aliphatic hydroxyl groups is 1. The summed E-state index contributed by atoms with van der Waals surface area (Å²) in [5, 5.41) is 9.58. The van der Waals surface area contributed by atoms with Crippen LogP contribution >= 0.6 is 0 Å². The monoisotopic (exact) mass is 243 g/mol. The van der Waals surface area contributed by atoms with Gasteiger partial charge in [0.1, 0.15) is 0 Å². The minimum absolute atomic E-state index is 0.0878. The molecule has 17 heavy (non-hydrogen) atoms. The van der Waals surface area contributed by atoms with Gasteiger partial charge in [-0.1, -0.05) is 0 Å². The molecule has 0 atom stereocenters. The Morgan fingerprint density at radius 3 is 2.12 bits per heavy atom. The third-order valence-corrected chi connectivity index (χ3v) is 3.24. The van der Waals surface area contributed by atoms with E-state index in [0.717, 1.165) is 32.0 Å². The molecule has 1 fully saturated rings. The fourth-order valence-corrected chi connectivity index (χ4v) is 2.09. The number of aliphatic hydroxyl groups excluding tert-OH is 1. The summed E-state index contributed by atoms with van der Waals surface area (Å²) in [7, 11) is 7.92. The lowest BCUT2D eigenvalue weighted by molar-refractivity contribution is -0.0107. The van der Waals surface area contributed by atoms with Crippen LogP contribution < -0.4 is 0 Å². The van der Waals surface area contributed by atoms with Crippen molar-refractivity contribution in [3.63, 3.8) is 0 Å². The Bertz CT molecular complexity index is 248. The molecule has 0 saturated carbocycles. The molecule has 0 bridgehead atoms. The van der Waals surface area contributed by atoms with Gasteiger partial charge in [-0.3, -0.25) is 4.99 Å². The van der Waals surface area contributed by atoms with Crippen LogP contribution in [-0.4, -0.2) is 75.4 Å². The maximum atomic E-state index is 9.58. The molecular weight excluding hydrogens is 218 g/mol. The summed E-state index contributed by atoms with van der Waals surface area (Å²) in [5.41, 5.74) is -0.0878. The molecule has 1 heterocycles. The zero-order valence-corrected chi connectivity index (χ0v) is 11.4. The van der Waals surface area contributed by atoms with Crippen LogP contribution in [0, 0.1) is 5.41 Å². The summed E-state index contributed by atoms with van der Waals surface area (Å²) in [6.45, 7) is 2.32. The van der Waals surface area contributed by atoms with Gasteiger partial charge in [-0.15, -0.1) is 0 Å². The second-order valence-electron chi connectivity index (χ2n) is 5.18. The highest BCUT2D eigenvalue weighted by molar-refractivity contribution is 5.79. The van der Waals surface area contributed by atoms with Crippen molar-refractivity contribution in [2.45, 2.75) is 12.8 Å². The lowest BCUT2D eigenvalue weighted by Gasteiger charge is -2.34. The SMILES string of the molecule is CN(C)C(=NCC1(CO)CCOCC1)N(C)C. The highest BCUT2D eigenvalue weighted by Crippen LogP contribution is 2.30. The lowest BCUT2D eigenvalue weighted by atomic mass is 9.81. The second-order valence-corrected chi connectivity index (χ2v) is 5.18. The van der Waals surface area contributed by atoms with Gasteiger partial charge in [0.05, 0.1) is 13.2 Å². The predicted octanol–water partition coefficient (Wildman–Crippen LogP) is 0.255. The van der Waals surface area contributed by atoms with Crippen LogP contribution in [0.4, 0.5) is 0 Å². The van der Waals surface area contributed by atoms with Gasteiger partial charge < -0.3 is 19.6 Å². The second kappa shape index (κ2) is 6.21. The number of aliphatic imine (C=N–C) groups is 1.